The number of alkyl halides is 1. The number of nitrogen functional groups attached to an aromatic ring is 1. The van der Waals surface area contributed by atoms with Crippen molar-refractivity contribution in [1.82, 2.24) is 9.78 Å². The number of benzene rings is 1. The van der Waals surface area contributed by atoms with Gasteiger partial charge in [0.05, 0.1) is 16.1 Å². The minimum atomic E-state index is -1.19. The number of hydrogen-bond acceptors (Lipinski definition) is 7. The van der Waals surface area contributed by atoms with Gasteiger partial charge in [-0.05, 0) is 24.3 Å². The fourth-order valence-corrected chi connectivity index (χ4v) is 3.08. The number of anilines is 1. The third-order valence-electron chi connectivity index (χ3n) is 3.52. The summed E-state index contributed by atoms with van der Waals surface area (Å²) < 4.78 is 18.5. The Kier molecular flexibility index (Phi) is 4.77. The Hall–Kier alpha value is -2.78. The van der Waals surface area contributed by atoms with Crippen LogP contribution in [0.3, 0.4) is 0 Å². The number of ether oxygens (including phenoxy) is 1. The molecule has 7 nitrogen and oxygen atoms in total. The number of hydrogen-bond donors (Lipinski definition) is 2. The molecule has 0 saturated heterocycles. The van der Waals surface area contributed by atoms with Crippen molar-refractivity contribution < 1.29 is 19.0 Å². The molecule has 0 amide bonds. The van der Waals surface area contributed by atoms with E-state index in [0.717, 1.165) is 4.68 Å². The zero-order valence-corrected chi connectivity index (χ0v) is 13.7. The number of aliphatic hydroxyl groups excluding tert-OH is 1. The smallest absolute Gasteiger partial charge is 0.282 e. The lowest BCUT2D eigenvalue weighted by atomic mass is 10.2. The van der Waals surface area contributed by atoms with Gasteiger partial charge in [0, 0.05) is 10.8 Å². The number of carbonyl (C=O) groups is 1. The normalized spacial score (nSPS) is 12.2. The second-order valence-electron chi connectivity index (χ2n) is 5.22. The Bertz CT molecular complexity index is 968. The van der Waals surface area contributed by atoms with Gasteiger partial charge in [0.25, 0.3) is 5.56 Å². The molecule has 0 fully saturated rings. The molecule has 1 unspecified atom stereocenters. The minimum Gasteiger partial charge on any atom is -0.491 e. The van der Waals surface area contributed by atoms with Crippen LogP contribution in [0.4, 0.5) is 9.39 Å². The number of thiophene rings is 1. The highest BCUT2D eigenvalue weighted by Crippen LogP contribution is 2.26. The summed E-state index contributed by atoms with van der Waals surface area (Å²) in [6.07, 6.45) is -0.622. The fourth-order valence-electron chi connectivity index (χ4n) is 2.28. The van der Waals surface area contributed by atoms with Crippen molar-refractivity contribution in [3.63, 3.8) is 0 Å². The van der Waals surface area contributed by atoms with Gasteiger partial charge in [-0.25, -0.2) is 4.39 Å². The van der Waals surface area contributed by atoms with Gasteiger partial charge in [-0.2, -0.15) is 9.78 Å². The molecule has 2 heterocycles. The van der Waals surface area contributed by atoms with Gasteiger partial charge < -0.3 is 15.6 Å². The van der Waals surface area contributed by atoms with Gasteiger partial charge in [-0.3, -0.25) is 9.59 Å². The number of rotatable bonds is 6. The first-order valence-corrected chi connectivity index (χ1v) is 8.15. The number of aromatic nitrogens is 2. The van der Waals surface area contributed by atoms with Crippen LogP contribution < -0.4 is 16.0 Å². The van der Waals surface area contributed by atoms with Crippen molar-refractivity contribution in [2.75, 3.05) is 19.0 Å². The Morgan fingerprint density at radius 3 is 2.76 bits per heavy atom. The maximum atomic E-state index is 12.6. The van der Waals surface area contributed by atoms with Crippen LogP contribution in [0, 0.1) is 0 Å². The molecule has 0 bridgehead atoms. The summed E-state index contributed by atoms with van der Waals surface area (Å²) in [5.74, 6) is 0.399. The maximum Gasteiger partial charge on any atom is 0.282 e. The number of fused-ring (bicyclic) bond motifs is 1. The van der Waals surface area contributed by atoms with E-state index in [-0.39, 0.29) is 17.7 Å². The van der Waals surface area contributed by atoms with Crippen LogP contribution in [0.25, 0.3) is 16.5 Å². The highest BCUT2D eigenvalue weighted by Gasteiger charge is 2.15. The molecule has 130 valence electrons. The number of aliphatic hydroxyl groups is 1. The fraction of sp³-hybridized carbons (Fsp3) is 0.188. The predicted octanol–water partition coefficient (Wildman–Crippen LogP) is 1.55. The largest absolute Gasteiger partial charge is 0.491 e. The van der Waals surface area contributed by atoms with Crippen LogP contribution in [0.5, 0.6) is 5.75 Å². The zero-order chi connectivity index (χ0) is 18.0. The molecule has 3 N–H and O–H groups in total. The standard InChI is InChI=1S/C16H14FN3O4S/c17-5-10(22)7-24-11-3-1-9(2-4-11)20-16(23)14-12(8-25-15(14)18)13(6-21)19-20/h1-4,6,8,10,22H,5,7,18H2. The monoisotopic (exact) mass is 363 g/mol. The van der Waals surface area contributed by atoms with E-state index in [9.17, 15) is 14.0 Å². The van der Waals surface area contributed by atoms with Gasteiger partial charge in [-0.15, -0.1) is 11.3 Å². The molecule has 0 aliphatic carbocycles. The van der Waals surface area contributed by atoms with Crippen LogP contribution in [0.15, 0.2) is 34.4 Å². The van der Waals surface area contributed by atoms with Crippen molar-refractivity contribution in [3.05, 3.63) is 45.7 Å². The molecule has 2 aromatic heterocycles. The van der Waals surface area contributed by atoms with E-state index < -0.39 is 18.3 Å². The number of carbonyl (C=O) groups excluding carboxylic acids is 1. The zero-order valence-electron chi connectivity index (χ0n) is 12.9. The number of nitrogens with two attached hydrogens (primary N) is 1. The van der Waals surface area contributed by atoms with Gasteiger partial charge in [0.1, 0.15) is 30.8 Å². The number of nitrogens with zero attached hydrogens (tertiary/aromatic N) is 2. The van der Waals surface area contributed by atoms with Crippen LogP contribution in [-0.2, 0) is 0 Å². The summed E-state index contributed by atoms with van der Waals surface area (Å²) in [6.45, 7) is -1.07. The maximum absolute atomic E-state index is 12.6. The molecule has 0 spiro atoms. The number of aldehydes is 1. The quantitative estimate of drug-likeness (QED) is 0.644. The predicted molar refractivity (Wildman–Crippen MR) is 92.5 cm³/mol. The third-order valence-corrected chi connectivity index (χ3v) is 4.33. The van der Waals surface area contributed by atoms with Crippen molar-refractivity contribution in [1.29, 1.82) is 0 Å². The van der Waals surface area contributed by atoms with Gasteiger partial charge in [-0.1, -0.05) is 0 Å². The summed E-state index contributed by atoms with van der Waals surface area (Å²) in [7, 11) is 0. The van der Waals surface area contributed by atoms with Crippen molar-refractivity contribution in [2.45, 2.75) is 6.10 Å². The Balaban J connectivity index is 1.99. The molecule has 1 atom stereocenters. The molecule has 3 rings (SSSR count). The highest BCUT2D eigenvalue weighted by atomic mass is 32.1. The van der Waals surface area contributed by atoms with E-state index in [4.69, 9.17) is 15.6 Å². The average molecular weight is 363 g/mol. The molecule has 0 aliphatic rings. The Labute approximate surface area is 145 Å². The molecule has 3 aromatic rings. The van der Waals surface area contributed by atoms with Crippen molar-refractivity contribution in [2.24, 2.45) is 0 Å². The first kappa shape index (κ1) is 17.1. The van der Waals surface area contributed by atoms with E-state index >= 15 is 0 Å². The topological polar surface area (TPSA) is 107 Å². The highest BCUT2D eigenvalue weighted by molar-refractivity contribution is 7.15. The molecule has 25 heavy (non-hydrogen) atoms. The lowest BCUT2D eigenvalue weighted by Crippen LogP contribution is -2.23. The lowest BCUT2D eigenvalue weighted by Gasteiger charge is -2.10. The van der Waals surface area contributed by atoms with E-state index in [0.29, 0.717) is 28.1 Å². The molecule has 0 radical (unpaired) electrons. The Morgan fingerprint density at radius 1 is 1.40 bits per heavy atom. The molecular formula is C16H14FN3O4S. The number of halogens is 1. The second kappa shape index (κ2) is 6.99. The van der Waals surface area contributed by atoms with E-state index in [2.05, 4.69) is 5.10 Å². The summed E-state index contributed by atoms with van der Waals surface area (Å²) in [6, 6.07) is 6.23. The van der Waals surface area contributed by atoms with Crippen LogP contribution in [0.2, 0.25) is 0 Å². The SMILES string of the molecule is Nc1scc2c(C=O)nn(-c3ccc(OCC(O)CF)cc3)c(=O)c12. The van der Waals surface area contributed by atoms with Crippen molar-refractivity contribution in [3.8, 4) is 11.4 Å². The average Bonchev–Trinajstić information content (AvgIpc) is 3.03. The van der Waals surface area contributed by atoms with Crippen LogP contribution >= 0.6 is 11.3 Å². The Morgan fingerprint density at radius 2 is 2.12 bits per heavy atom. The van der Waals surface area contributed by atoms with E-state index in [1.54, 1.807) is 29.6 Å². The van der Waals surface area contributed by atoms with E-state index in [1.165, 1.54) is 11.3 Å². The summed E-state index contributed by atoms with van der Waals surface area (Å²) in [4.78, 5) is 23.9. The van der Waals surface area contributed by atoms with E-state index in [1.807, 2.05) is 0 Å². The summed E-state index contributed by atoms with van der Waals surface area (Å²) in [5.41, 5.74) is 5.95. The lowest BCUT2D eigenvalue weighted by molar-refractivity contribution is 0.0842. The minimum absolute atomic E-state index is 0.119. The first-order valence-electron chi connectivity index (χ1n) is 7.27. The third kappa shape index (κ3) is 3.24. The van der Waals surface area contributed by atoms with Crippen molar-refractivity contribution >= 4 is 33.4 Å². The molecule has 9 heteroatoms. The van der Waals surface area contributed by atoms with Crippen LogP contribution in [-0.4, -0.2) is 40.6 Å². The van der Waals surface area contributed by atoms with Gasteiger partial charge in [0.15, 0.2) is 6.29 Å². The molecular weight excluding hydrogens is 349 g/mol. The summed E-state index contributed by atoms with van der Waals surface area (Å²) >= 11 is 1.17. The summed E-state index contributed by atoms with van der Waals surface area (Å²) in [5, 5.41) is 15.9. The second-order valence-corrected chi connectivity index (χ2v) is 6.13. The van der Waals surface area contributed by atoms with Crippen LogP contribution in [0.1, 0.15) is 10.5 Å². The molecule has 0 saturated carbocycles. The first-order chi connectivity index (χ1) is 12.0. The molecule has 0 aliphatic heterocycles. The van der Waals surface area contributed by atoms with Gasteiger partial charge >= 0.3 is 0 Å². The molecule has 1 aromatic carbocycles. The van der Waals surface area contributed by atoms with Gasteiger partial charge in [0.2, 0.25) is 0 Å².